The molecule has 2 aliphatic heterocycles. The Morgan fingerprint density at radius 3 is 2.33 bits per heavy atom. The minimum atomic E-state index is -0.0528. The number of allylic oxidation sites excluding steroid dienone is 1. The molecule has 2 amide bonds. The van der Waals surface area contributed by atoms with Crippen LogP contribution in [0.3, 0.4) is 0 Å². The van der Waals surface area contributed by atoms with Crippen LogP contribution in [0.1, 0.15) is 23.1 Å². The van der Waals surface area contributed by atoms with E-state index in [1.54, 1.807) is 0 Å². The predicted octanol–water partition coefficient (Wildman–Crippen LogP) is 4.09. The van der Waals surface area contributed by atoms with Gasteiger partial charge in [0.2, 0.25) is 0 Å². The summed E-state index contributed by atoms with van der Waals surface area (Å²) in [5.41, 5.74) is 5.76. The summed E-state index contributed by atoms with van der Waals surface area (Å²) in [6.07, 6.45) is 4.98. The monoisotopic (exact) mass is 317 g/mol. The molecule has 0 saturated carbocycles. The summed E-state index contributed by atoms with van der Waals surface area (Å²) in [5.74, 6) is 0. The Labute approximate surface area is 141 Å². The predicted molar refractivity (Wildman–Crippen MR) is 97.1 cm³/mol. The smallest absolute Gasteiger partial charge is 0.316 e. The number of anilines is 1. The van der Waals surface area contributed by atoms with Gasteiger partial charge in [-0.1, -0.05) is 42.5 Å². The van der Waals surface area contributed by atoms with Crippen molar-refractivity contribution in [1.82, 2.24) is 4.90 Å². The first-order valence-corrected chi connectivity index (χ1v) is 8.20. The van der Waals surface area contributed by atoms with Gasteiger partial charge >= 0.3 is 6.03 Å². The van der Waals surface area contributed by atoms with Gasteiger partial charge in [-0.2, -0.15) is 0 Å². The van der Waals surface area contributed by atoms with Crippen LogP contribution in [0.25, 0.3) is 5.57 Å². The van der Waals surface area contributed by atoms with E-state index in [1.165, 1.54) is 22.3 Å². The number of hydrogen-bond donors (Lipinski definition) is 1. The number of nitrogens with zero attached hydrogens (tertiary/aromatic N) is 2. The number of carbonyl (C=O) groups is 1. The number of rotatable bonds is 2. The van der Waals surface area contributed by atoms with Crippen LogP contribution in [-0.2, 0) is 13.1 Å². The van der Waals surface area contributed by atoms with Gasteiger partial charge in [0.25, 0.3) is 0 Å². The van der Waals surface area contributed by atoms with Crippen molar-refractivity contribution in [2.75, 3.05) is 11.9 Å². The van der Waals surface area contributed by atoms with E-state index in [0.29, 0.717) is 13.1 Å². The van der Waals surface area contributed by atoms with E-state index in [0.717, 1.165) is 18.7 Å². The molecule has 0 aromatic heterocycles. The average molecular weight is 317 g/mol. The first-order valence-electron chi connectivity index (χ1n) is 8.20. The molecule has 4 heteroatoms. The maximum Gasteiger partial charge on any atom is 0.322 e. The fourth-order valence-corrected chi connectivity index (χ4v) is 3.17. The third kappa shape index (κ3) is 2.95. The molecule has 0 bridgehead atoms. The second kappa shape index (κ2) is 6.32. The largest absolute Gasteiger partial charge is 0.322 e. The topological polar surface area (TPSA) is 44.7 Å². The number of nitrogens with one attached hydrogen (secondary N) is 1. The van der Waals surface area contributed by atoms with E-state index in [4.69, 9.17) is 0 Å². The quantitative estimate of drug-likeness (QED) is 0.891. The van der Waals surface area contributed by atoms with Crippen molar-refractivity contribution in [1.29, 1.82) is 0 Å². The number of aliphatic imine (C=N–C) groups is 1. The molecule has 0 aliphatic carbocycles. The number of urea groups is 1. The highest BCUT2D eigenvalue weighted by Gasteiger charge is 2.22. The fraction of sp³-hybridized carbons (Fsp3) is 0.200. The minimum absolute atomic E-state index is 0.0528. The van der Waals surface area contributed by atoms with E-state index in [9.17, 15) is 4.79 Å². The van der Waals surface area contributed by atoms with E-state index >= 15 is 0 Å². The minimum Gasteiger partial charge on any atom is -0.316 e. The summed E-state index contributed by atoms with van der Waals surface area (Å²) in [4.78, 5) is 18.5. The lowest BCUT2D eigenvalue weighted by Gasteiger charge is -2.17. The van der Waals surface area contributed by atoms with Gasteiger partial charge in [-0.05, 0) is 34.4 Å². The Kier molecular flexibility index (Phi) is 3.87. The van der Waals surface area contributed by atoms with Gasteiger partial charge in [-0.15, -0.1) is 0 Å². The molecule has 2 aromatic rings. The van der Waals surface area contributed by atoms with Gasteiger partial charge < -0.3 is 10.2 Å². The van der Waals surface area contributed by atoms with Crippen molar-refractivity contribution < 1.29 is 4.79 Å². The van der Waals surface area contributed by atoms with Crippen molar-refractivity contribution >= 4 is 23.5 Å². The lowest BCUT2D eigenvalue weighted by molar-refractivity contribution is 0.212. The summed E-state index contributed by atoms with van der Waals surface area (Å²) >= 11 is 0. The van der Waals surface area contributed by atoms with Crippen LogP contribution >= 0.6 is 0 Å². The number of fused-ring (bicyclic) bond motifs is 1. The summed E-state index contributed by atoms with van der Waals surface area (Å²) < 4.78 is 0. The van der Waals surface area contributed by atoms with Crippen molar-refractivity contribution in [2.24, 2.45) is 4.99 Å². The molecule has 1 N–H and O–H groups in total. The summed E-state index contributed by atoms with van der Waals surface area (Å²) in [6, 6.07) is 16.2. The van der Waals surface area contributed by atoms with Gasteiger partial charge in [0.05, 0.1) is 6.54 Å². The van der Waals surface area contributed by atoms with Crippen LogP contribution in [0.5, 0.6) is 0 Å². The van der Waals surface area contributed by atoms with Gasteiger partial charge in [-0.25, -0.2) is 4.79 Å². The molecule has 2 heterocycles. The van der Waals surface area contributed by atoms with Crippen LogP contribution in [-0.4, -0.2) is 23.7 Å². The standard InChI is InChI=1S/C20H19N3O/c24-20(23-13-17-3-1-2-4-18(17)14-23)22-19-7-5-15(6-8-19)16-9-11-21-12-10-16/h1-9,12H,10-11,13-14H2,(H,22,24). The number of amides is 2. The maximum atomic E-state index is 12.5. The second-order valence-electron chi connectivity index (χ2n) is 6.11. The molecule has 24 heavy (non-hydrogen) atoms. The molecule has 4 nitrogen and oxygen atoms in total. The number of dihydropyridines is 1. The van der Waals surface area contributed by atoms with Crippen molar-refractivity contribution in [2.45, 2.75) is 19.5 Å². The molecule has 0 unspecified atom stereocenters. The van der Waals surface area contributed by atoms with Crippen LogP contribution in [0.2, 0.25) is 0 Å². The van der Waals surface area contributed by atoms with Gasteiger partial charge in [0.1, 0.15) is 0 Å². The first-order chi connectivity index (χ1) is 11.8. The molecule has 0 spiro atoms. The van der Waals surface area contributed by atoms with Crippen molar-refractivity contribution in [3.8, 4) is 0 Å². The highest BCUT2D eigenvalue weighted by molar-refractivity contribution is 5.90. The number of hydrogen-bond acceptors (Lipinski definition) is 2. The Morgan fingerprint density at radius 1 is 1.00 bits per heavy atom. The van der Waals surface area contributed by atoms with Crippen LogP contribution in [0, 0.1) is 0 Å². The summed E-state index contributed by atoms with van der Waals surface area (Å²) in [6.45, 7) is 2.10. The molecule has 0 atom stereocenters. The molecule has 4 rings (SSSR count). The Morgan fingerprint density at radius 2 is 1.71 bits per heavy atom. The first kappa shape index (κ1) is 14.7. The summed E-state index contributed by atoms with van der Waals surface area (Å²) in [7, 11) is 0. The molecule has 2 aliphatic rings. The normalized spacial score (nSPS) is 15.8. The van der Waals surface area contributed by atoms with E-state index in [-0.39, 0.29) is 6.03 Å². The van der Waals surface area contributed by atoms with Crippen molar-refractivity contribution in [3.63, 3.8) is 0 Å². The van der Waals surface area contributed by atoms with Gasteiger partial charge in [0.15, 0.2) is 0 Å². The zero-order valence-corrected chi connectivity index (χ0v) is 13.4. The van der Waals surface area contributed by atoms with E-state index in [1.807, 2.05) is 35.4 Å². The molecule has 0 radical (unpaired) electrons. The Hall–Kier alpha value is -2.88. The molecule has 120 valence electrons. The SMILES string of the molecule is O=C(Nc1ccc(C2=CCN=CC2)cc1)N1Cc2ccccc2C1. The fourth-order valence-electron chi connectivity index (χ4n) is 3.17. The molecular weight excluding hydrogens is 298 g/mol. The van der Waals surface area contributed by atoms with E-state index < -0.39 is 0 Å². The van der Waals surface area contributed by atoms with Crippen LogP contribution in [0.15, 0.2) is 59.6 Å². The zero-order chi connectivity index (χ0) is 16.4. The van der Waals surface area contributed by atoms with Crippen molar-refractivity contribution in [3.05, 3.63) is 71.3 Å². The van der Waals surface area contributed by atoms with Gasteiger partial charge in [0, 0.05) is 31.4 Å². The third-order valence-electron chi connectivity index (χ3n) is 4.52. The summed E-state index contributed by atoms with van der Waals surface area (Å²) in [5, 5.41) is 2.99. The Bertz CT molecular complexity index is 796. The van der Waals surface area contributed by atoms with Crippen LogP contribution in [0.4, 0.5) is 10.5 Å². The van der Waals surface area contributed by atoms with Crippen LogP contribution < -0.4 is 5.32 Å². The third-order valence-corrected chi connectivity index (χ3v) is 4.52. The highest BCUT2D eigenvalue weighted by atomic mass is 16.2. The molecular formula is C20H19N3O. The lowest BCUT2D eigenvalue weighted by atomic mass is 10.0. The number of carbonyl (C=O) groups excluding carboxylic acids is 1. The molecule has 0 fully saturated rings. The average Bonchev–Trinajstić information content (AvgIpc) is 3.07. The number of benzene rings is 2. The van der Waals surface area contributed by atoms with Gasteiger partial charge in [-0.3, -0.25) is 4.99 Å². The van der Waals surface area contributed by atoms with E-state index in [2.05, 4.69) is 40.7 Å². The molecule has 2 aromatic carbocycles. The zero-order valence-electron chi connectivity index (χ0n) is 13.4. The second-order valence-corrected chi connectivity index (χ2v) is 6.11. The Balaban J connectivity index is 1.41. The maximum absolute atomic E-state index is 12.5. The molecule has 0 saturated heterocycles. The highest BCUT2D eigenvalue weighted by Crippen LogP contribution is 2.24. The lowest BCUT2D eigenvalue weighted by Crippen LogP contribution is -2.30.